The lowest BCUT2D eigenvalue weighted by Crippen LogP contribution is -2.64. The van der Waals surface area contributed by atoms with Gasteiger partial charge in [-0.2, -0.15) is 14.0 Å². The summed E-state index contributed by atoms with van der Waals surface area (Å²) in [4.78, 5) is 38.0. The number of Topliss-reactive ketones (excluding diaryl/α,β-unsaturated/α-hetero) is 2. The fourth-order valence-electron chi connectivity index (χ4n) is 6.90. The van der Waals surface area contributed by atoms with E-state index in [1.165, 1.54) is 6.08 Å². The van der Waals surface area contributed by atoms with Gasteiger partial charge in [0.05, 0.1) is 5.41 Å². The van der Waals surface area contributed by atoms with Crippen LogP contribution in [0.1, 0.15) is 46.0 Å². The summed E-state index contributed by atoms with van der Waals surface area (Å²) < 4.78 is 38.7. The molecule has 0 saturated heterocycles. The Hall–Kier alpha value is -1.62. The van der Waals surface area contributed by atoms with E-state index in [1.807, 2.05) is 0 Å². The van der Waals surface area contributed by atoms with E-state index in [9.17, 15) is 38.6 Å². The van der Waals surface area contributed by atoms with Crippen molar-refractivity contribution >= 4 is 17.3 Å². The van der Waals surface area contributed by atoms with Gasteiger partial charge in [-0.1, -0.05) is 16.8 Å². The van der Waals surface area contributed by atoms with Crippen molar-refractivity contribution < 1.29 is 53.1 Å². The molecule has 0 aromatic rings. The Morgan fingerprint density at radius 3 is 2.52 bits per heavy atom. The van der Waals surface area contributed by atoms with Crippen LogP contribution in [0.3, 0.4) is 0 Å². The van der Waals surface area contributed by atoms with Gasteiger partial charge in [0.1, 0.15) is 28.2 Å². The minimum Gasteiger partial charge on any atom is -0.388 e. The first-order valence-corrected chi connectivity index (χ1v) is 11.5. The van der Waals surface area contributed by atoms with E-state index in [2.05, 4.69) is 4.29 Å². The molecule has 0 aromatic carbocycles. The highest BCUT2D eigenvalue weighted by Gasteiger charge is 2.70. The average molecular weight is 457 g/mol. The normalized spacial score (nSPS) is 42.2. The number of allylic oxidation sites excluding steroid dienone is 3. The predicted octanol–water partition coefficient (Wildman–Crippen LogP) is -1.99. The third-order valence-corrected chi connectivity index (χ3v) is 8.69. The second kappa shape index (κ2) is 6.94. The summed E-state index contributed by atoms with van der Waals surface area (Å²) >= 11 is 0. The van der Waals surface area contributed by atoms with Gasteiger partial charge in [0.15, 0.2) is 11.6 Å². The van der Waals surface area contributed by atoms with E-state index < -0.39 is 50.8 Å². The van der Waals surface area contributed by atoms with Crippen LogP contribution in [0, 0.1) is 38.8 Å². The maximum atomic E-state index is 13.5. The zero-order valence-corrected chi connectivity index (χ0v) is 18.0. The van der Waals surface area contributed by atoms with E-state index >= 15 is 0 Å². The molecule has 3 saturated carbocycles. The Labute approximate surface area is 181 Å². The molecule has 0 amide bonds. The minimum absolute atomic E-state index is 0.120. The van der Waals surface area contributed by atoms with Crippen LogP contribution in [0.15, 0.2) is 23.5 Å². The van der Waals surface area contributed by atoms with Crippen LogP contribution in [-0.2, 0) is 18.7 Å². The zero-order chi connectivity index (χ0) is 23.0. The van der Waals surface area contributed by atoms with Gasteiger partial charge in [0.2, 0.25) is 0 Å². The SMILES string of the molecule is C[C@@]12C(=CC(=O)C=C1O[Cl+3]([O-])([O-])[O-])CC[C@@H]1[C@@H]2C(=O)C[C@@]2(C)[C@H]1CC[C@]2(O)C(=O)CO. The van der Waals surface area contributed by atoms with Crippen LogP contribution in [-0.4, -0.2) is 39.8 Å². The molecular weight excluding hydrogens is 432 g/mol. The van der Waals surface area contributed by atoms with Gasteiger partial charge in [-0.15, -0.1) is 0 Å². The highest BCUT2D eigenvalue weighted by atomic mass is 35.7. The van der Waals surface area contributed by atoms with Crippen LogP contribution in [0.5, 0.6) is 0 Å². The molecule has 170 valence electrons. The summed E-state index contributed by atoms with van der Waals surface area (Å²) in [5.41, 5.74) is -3.65. The van der Waals surface area contributed by atoms with Crippen LogP contribution in [0.4, 0.5) is 0 Å². The van der Waals surface area contributed by atoms with E-state index in [4.69, 9.17) is 0 Å². The number of carbonyl (C=O) groups excluding carboxylic acids is 3. The molecule has 0 aromatic heterocycles. The molecule has 0 bridgehead atoms. The molecular formula is C21H25ClO9. The number of fused-ring (bicyclic) bond motifs is 5. The number of hydrogen-bond acceptors (Lipinski definition) is 9. The largest absolute Gasteiger partial charge is 0.388 e. The monoisotopic (exact) mass is 456 g/mol. The molecule has 4 aliphatic carbocycles. The number of aliphatic hydroxyl groups excluding tert-OH is 1. The molecule has 0 radical (unpaired) electrons. The minimum atomic E-state index is -4.87. The van der Waals surface area contributed by atoms with Gasteiger partial charge in [-0.25, -0.2) is 0 Å². The first-order valence-electron chi connectivity index (χ1n) is 10.2. The number of halogens is 1. The summed E-state index contributed by atoms with van der Waals surface area (Å²) in [6.45, 7) is 2.47. The van der Waals surface area contributed by atoms with Crippen molar-refractivity contribution in [2.24, 2.45) is 28.6 Å². The summed E-state index contributed by atoms with van der Waals surface area (Å²) in [5.74, 6) is -3.22. The van der Waals surface area contributed by atoms with Crippen LogP contribution < -0.4 is 14.0 Å². The lowest BCUT2D eigenvalue weighted by Gasteiger charge is -2.56. The van der Waals surface area contributed by atoms with Crippen LogP contribution in [0.2, 0.25) is 0 Å². The summed E-state index contributed by atoms with van der Waals surface area (Å²) in [5, 5.41) is 20.6. The average Bonchev–Trinajstić information content (AvgIpc) is 2.92. The highest BCUT2D eigenvalue weighted by Crippen LogP contribution is 2.67. The Bertz CT molecular complexity index is 918. The zero-order valence-electron chi connectivity index (χ0n) is 17.3. The summed E-state index contributed by atoms with van der Waals surface area (Å²) in [7, 11) is -4.87. The molecule has 0 spiro atoms. The van der Waals surface area contributed by atoms with Gasteiger partial charge >= 0.3 is 0 Å². The van der Waals surface area contributed by atoms with Gasteiger partial charge < -0.3 is 10.2 Å². The van der Waals surface area contributed by atoms with E-state index in [0.29, 0.717) is 24.8 Å². The van der Waals surface area contributed by atoms with E-state index in [0.717, 1.165) is 6.08 Å². The Morgan fingerprint density at radius 1 is 1.23 bits per heavy atom. The highest BCUT2D eigenvalue weighted by molar-refractivity contribution is 6.02. The standard InChI is InChI=1S/C21H25ClO9/c1-19-9-15(25)18-13(14(19)5-6-21(19,27)16(26)10-23)4-3-11-7-12(24)8-17(20(11,18)2)31-22(28,29)30/h7-8,13-14,18,23,27H,3-6,9-10H2,1-2H3/t13-,14-,18+,19-,20+,21-/m0/s1. The molecule has 6 atom stereocenters. The Kier molecular flexibility index (Phi) is 5.05. The quantitative estimate of drug-likeness (QED) is 0.485. The van der Waals surface area contributed by atoms with Crippen molar-refractivity contribution in [1.82, 2.24) is 0 Å². The first kappa shape index (κ1) is 22.6. The second-order valence-electron chi connectivity index (χ2n) is 9.57. The molecule has 4 rings (SSSR count). The number of aliphatic hydroxyl groups is 2. The molecule has 0 aliphatic heterocycles. The van der Waals surface area contributed by atoms with Crippen LogP contribution in [0.25, 0.3) is 0 Å². The smallest absolute Gasteiger partial charge is 0.279 e. The molecule has 10 heteroatoms. The molecule has 31 heavy (non-hydrogen) atoms. The van der Waals surface area contributed by atoms with Crippen molar-refractivity contribution in [3.63, 3.8) is 0 Å². The third-order valence-electron chi connectivity index (χ3n) is 8.33. The van der Waals surface area contributed by atoms with Gasteiger partial charge in [-0.3, -0.25) is 14.4 Å². The van der Waals surface area contributed by atoms with Gasteiger partial charge in [-0.05, 0) is 50.5 Å². The van der Waals surface area contributed by atoms with Crippen LogP contribution >= 0.6 is 0 Å². The van der Waals surface area contributed by atoms with Crippen molar-refractivity contribution in [3.8, 4) is 0 Å². The summed E-state index contributed by atoms with van der Waals surface area (Å²) in [6.07, 6.45) is 3.62. The fourth-order valence-corrected chi connectivity index (χ4v) is 7.31. The van der Waals surface area contributed by atoms with Crippen molar-refractivity contribution in [1.29, 1.82) is 0 Å². The number of rotatable bonds is 4. The maximum absolute atomic E-state index is 13.5. The maximum Gasteiger partial charge on any atom is 0.279 e. The van der Waals surface area contributed by atoms with Crippen molar-refractivity contribution in [3.05, 3.63) is 23.5 Å². The lowest BCUT2D eigenvalue weighted by molar-refractivity contribution is -1.92. The number of carbonyl (C=O) groups is 3. The molecule has 0 heterocycles. The second-order valence-corrected chi connectivity index (χ2v) is 10.5. The Morgan fingerprint density at radius 2 is 1.90 bits per heavy atom. The first-order chi connectivity index (χ1) is 14.3. The molecule has 3 fully saturated rings. The fraction of sp³-hybridized carbons (Fsp3) is 0.667. The van der Waals surface area contributed by atoms with E-state index in [-0.39, 0.29) is 36.2 Å². The molecule has 2 N–H and O–H groups in total. The predicted molar refractivity (Wildman–Crippen MR) is 94.1 cm³/mol. The van der Waals surface area contributed by atoms with E-state index in [1.54, 1.807) is 13.8 Å². The van der Waals surface area contributed by atoms with Gasteiger partial charge in [0.25, 0.3) is 5.76 Å². The van der Waals surface area contributed by atoms with Crippen molar-refractivity contribution in [2.45, 2.75) is 51.6 Å². The topological polar surface area (TPSA) is 170 Å². The third kappa shape index (κ3) is 3.06. The summed E-state index contributed by atoms with van der Waals surface area (Å²) in [6, 6.07) is 0. The van der Waals surface area contributed by atoms with Crippen molar-refractivity contribution in [2.75, 3.05) is 6.61 Å². The Balaban J connectivity index is 1.79. The molecule has 4 aliphatic rings. The molecule has 9 nitrogen and oxygen atoms in total. The number of ketones is 3. The number of hydrogen-bond donors (Lipinski definition) is 2. The lowest BCUT2D eigenvalue weighted by atomic mass is 9.46. The van der Waals surface area contributed by atoms with Gasteiger partial charge in [0, 0.05) is 23.8 Å². The molecule has 0 unspecified atom stereocenters.